The minimum atomic E-state index is -0.975. The summed E-state index contributed by atoms with van der Waals surface area (Å²) in [5, 5.41) is 0. The van der Waals surface area contributed by atoms with Crippen molar-refractivity contribution in [2.75, 3.05) is 0 Å². The summed E-state index contributed by atoms with van der Waals surface area (Å²) in [6.45, 7) is 1.61. The SMILES string of the molecule is CC(=O)C1(c2ccccc2)OC1(c1ccccc1)c1ccccc1. The summed E-state index contributed by atoms with van der Waals surface area (Å²) in [5.41, 5.74) is 1.13. The van der Waals surface area contributed by atoms with Crippen molar-refractivity contribution >= 4 is 5.78 Å². The van der Waals surface area contributed by atoms with Gasteiger partial charge in [0, 0.05) is 0 Å². The molecule has 0 aromatic heterocycles. The van der Waals surface area contributed by atoms with Crippen molar-refractivity contribution in [1.82, 2.24) is 0 Å². The summed E-state index contributed by atoms with van der Waals surface area (Å²) in [5.74, 6) is 0.0152. The molecule has 0 bridgehead atoms. The fraction of sp³-hybridized carbons (Fsp3) is 0.136. The maximum Gasteiger partial charge on any atom is 0.190 e. The standard InChI is InChI=1S/C22H18O2/c1-17(23)21(18-11-5-2-6-12-18)22(24-21,19-13-7-3-8-14-19)20-15-9-4-10-16-20/h2-16H,1H3. The molecule has 2 heteroatoms. The van der Waals surface area contributed by atoms with Gasteiger partial charge < -0.3 is 4.74 Å². The minimum Gasteiger partial charge on any atom is -0.339 e. The first-order chi connectivity index (χ1) is 11.7. The fourth-order valence-corrected chi connectivity index (χ4v) is 3.70. The second kappa shape index (κ2) is 5.43. The molecule has 2 nitrogen and oxygen atoms in total. The summed E-state index contributed by atoms with van der Waals surface area (Å²) in [6, 6.07) is 29.8. The lowest BCUT2D eigenvalue weighted by atomic mass is 9.75. The fourth-order valence-electron chi connectivity index (χ4n) is 3.70. The van der Waals surface area contributed by atoms with Crippen LogP contribution in [0, 0.1) is 0 Å². The quantitative estimate of drug-likeness (QED) is 0.666. The largest absolute Gasteiger partial charge is 0.339 e. The molecule has 3 aromatic carbocycles. The number of Topliss-reactive ketones (excluding diaryl/α,β-unsaturated/α-hetero) is 1. The highest BCUT2D eigenvalue weighted by Crippen LogP contribution is 2.66. The first-order valence-electron chi connectivity index (χ1n) is 8.09. The first kappa shape index (κ1) is 14.9. The Bertz CT molecular complexity index is 817. The van der Waals surface area contributed by atoms with E-state index in [0.717, 1.165) is 16.7 Å². The minimum absolute atomic E-state index is 0.0152. The van der Waals surface area contributed by atoms with Crippen LogP contribution in [0.15, 0.2) is 91.0 Å². The third kappa shape index (κ3) is 1.90. The van der Waals surface area contributed by atoms with E-state index in [4.69, 9.17) is 4.74 Å². The van der Waals surface area contributed by atoms with Crippen LogP contribution in [0.3, 0.4) is 0 Å². The number of rotatable bonds is 4. The highest BCUT2D eigenvalue weighted by atomic mass is 16.6. The van der Waals surface area contributed by atoms with Gasteiger partial charge in [0.05, 0.1) is 0 Å². The van der Waals surface area contributed by atoms with Gasteiger partial charge in [-0.25, -0.2) is 0 Å². The maximum absolute atomic E-state index is 12.8. The van der Waals surface area contributed by atoms with E-state index in [9.17, 15) is 4.79 Å². The summed E-state index contributed by atoms with van der Waals surface area (Å²) in [7, 11) is 0. The van der Waals surface area contributed by atoms with Crippen LogP contribution in [0.1, 0.15) is 23.6 Å². The molecule has 118 valence electrons. The van der Waals surface area contributed by atoms with Gasteiger partial charge in [-0.2, -0.15) is 0 Å². The molecule has 1 atom stereocenters. The molecule has 1 fully saturated rings. The zero-order valence-corrected chi connectivity index (χ0v) is 13.5. The van der Waals surface area contributed by atoms with E-state index in [1.54, 1.807) is 6.92 Å². The molecular formula is C22H18O2. The number of hydrogen-bond donors (Lipinski definition) is 0. The molecular weight excluding hydrogens is 296 g/mol. The molecule has 0 aliphatic carbocycles. The molecule has 0 amide bonds. The number of benzene rings is 3. The average molecular weight is 314 g/mol. The maximum atomic E-state index is 12.8. The molecule has 4 rings (SSSR count). The van der Waals surface area contributed by atoms with Crippen molar-refractivity contribution < 1.29 is 9.53 Å². The summed E-state index contributed by atoms with van der Waals surface area (Å²) in [4.78, 5) is 12.8. The van der Waals surface area contributed by atoms with E-state index in [0.29, 0.717) is 0 Å². The van der Waals surface area contributed by atoms with E-state index < -0.39 is 11.2 Å². The molecule has 1 aliphatic rings. The van der Waals surface area contributed by atoms with Crippen LogP contribution in [-0.2, 0) is 20.7 Å². The smallest absolute Gasteiger partial charge is 0.190 e. The van der Waals surface area contributed by atoms with E-state index >= 15 is 0 Å². The Labute approximate surface area is 141 Å². The molecule has 24 heavy (non-hydrogen) atoms. The van der Waals surface area contributed by atoms with Crippen LogP contribution in [0.5, 0.6) is 0 Å². The Morgan fingerprint density at radius 1 is 0.667 bits per heavy atom. The van der Waals surface area contributed by atoms with E-state index in [-0.39, 0.29) is 5.78 Å². The van der Waals surface area contributed by atoms with Gasteiger partial charge in [-0.05, 0) is 23.6 Å². The Morgan fingerprint density at radius 2 is 1.04 bits per heavy atom. The van der Waals surface area contributed by atoms with Crippen LogP contribution < -0.4 is 0 Å². The Morgan fingerprint density at radius 3 is 1.42 bits per heavy atom. The second-order valence-electron chi connectivity index (χ2n) is 6.12. The van der Waals surface area contributed by atoms with Gasteiger partial charge in [-0.1, -0.05) is 91.0 Å². The molecule has 1 heterocycles. The van der Waals surface area contributed by atoms with Crippen molar-refractivity contribution in [2.45, 2.75) is 18.1 Å². The van der Waals surface area contributed by atoms with E-state index in [1.165, 1.54) is 0 Å². The van der Waals surface area contributed by atoms with Crippen LogP contribution in [-0.4, -0.2) is 5.78 Å². The van der Waals surface area contributed by atoms with Gasteiger partial charge in [-0.15, -0.1) is 0 Å². The monoisotopic (exact) mass is 314 g/mol. The predicted molar refractivity (Wildman–Crippen MR) is 93.6 cm³/mol. The predicted octanol–water partition coefficient (Wildman–Crippen LogP) is 4.44. The first-order valence-corrected chi connectivity index (χ1v) is 8.09. The van der Waals surface area contributed by atoms with E-state index in [1.807, 2.05) is 91.0 Å². The molecule has 1 unspecified atom stereocenters. The number of epoxide rings is 1. The second-order valence-corrected chi connectivity index (χ2v) is 6.12. The molecule has 0 N–H and O–H groups in total. The molecule has 1 saturated heterocycles. The molecule has 3 aromatic rings. The molecule has 1 aliphatic heterocycles. The lowest BCUT2D eigenvalue weighted by molar-refractivity contribution is -0.122. The molecule has 0 saturated carbocycles. The number of carbonyl (C=O) groups is 1. The average Bonchev–Trinajstić information content (AvgIpc) is 3.37. The van der Waals surface area contributed by atoms with Crippen molar-refractivity contribution in [3.8, 4) is 0 Å². The third-order valence-electron chi connectivity index (χ3n) is 4.80. The lowest BCUT2D eigenvalue weighted by Gasteiger charge is -2.20. The van der Waals surface area contributed by atoms with Crippen molar-refractivity contribution in [2.24, 2.45) is 0 Å². The molecule has 0 radical (unpaired) electrons. The van der Waals surface area contributed by atoms with E-state index in [2.05, 4.69) is 0 Å². The van der Waals surface area contributed by atoms with Gasteiger partial charge in [-0.3, -0.25) is 4.79 Å². The Hall–Kier alpha value is -2.71. The number of ketones is 1. The Kier molecular flexibility index (Phi) is 3.36. The van der Waals surface area contributed by atoms with Crippen LogP contribution in [0.4, 0.5) is 0 Å². The van der Waals surface area contributed by atoms with Gasteiger partial charge >= 0.3 is 0 Å². The van der Waals surface area contributed by atoms with Crippen molar-refractivity contribution in [3.63, 3.8) is 0 Å². The van der Waals surface area contributed by atoms with Gasteiger partial charge in [0.15, 0.2) is 17.0 Å². The number of ether oxygens (including phenoxy) is 1. The van der Waals surface area contributed by atoms with Gasteiger partial charge in [0.2, 0.25) is 0 Å². The Balaban J connectivity index is 1.99. The number of hydrogen-bond acceptors (Lipinski definition) is 2. The van der Waals surface area contributed by atoms with Gasteiger partial charge in [0.25, 0.3) is 0 Å². The zero-order chi connectivity index (χ0) is 16.6. The van der Waals surface area contributed by atoms with Crippen molar-refractivity contribution in [3.05, 3.63) is 108 Å². The number of carbonyl (C=O) groups excluding carboxylic acids is 1. The van der Waals surface area contributed by atoms with Crippen LogP contribution in [0.2, 0.25) is 0 Å². The van der Waals surface area contributed by atoms with Crippen LogP contribution in [0.25, 0.3) is 0 Å². The zero-order valence-electron chi connectivity index (χ0n) is 13.5. The van der Waals surface area contributed by atoms with Crippen LogP contribution >= 0.6 is 0 Å². The lowest BCUT2D eigenvalue weighted by Crippen LogP contribution is -2.30. The normalized spacial score (nSPS) is 21.2. The highest BCUT2D eigenvalue weighted by Gasteiger charge is 2.75. The van der Waals surface area contributed by atoms with Gasteiger partial charge in [0.1, 0.15) is 0 Å². The topological polar surface area (TPSA) is 29.6 Å². The third-order valence-corrected chi connectivity index (χ3v) is 4.80. The summed E-state index contributed by atoms with van der Waals surface area (Å²) in [6.07, 6.45) is 0. The summed E-state index contributed by atoms with van der Waals surface area (Å²) >= 11 is 0. The summed E-state index contributed by atoms with van der Waals surface area (Å²) < 4.78 is 6.36. The van der Waals surface area contributed by atoms with Crippen molar-refractivity contribution in [1.29, 1.82) is 0 Å². The molecule has 0 spiro atoms. The highest BCUT2D eigenvalue weighted by molar-refractivity contribution is 5.92.